The van der Waals surface area contributed by atoms with E-state index in [4.69, 9.17) is 10.2 Å². The van der Waals surface area contributed by atoms with E-state index in [0.29, 0.717) is 11.3 Å². The maximum absolute atomic E-state index is 6.27. The largest absolute Gasteiger partial charge is 0.454 e. The van der Waals surface area contributed by atoms with Crippen molar-refractivity contribution in [2.45, 2.75) is 0 Å². The Morgan fingerprint density at radius 3 is 2.69 bits per heavy atom. The van der Waals surface area contributed by atoms with E-state index in [1.54, 1.807) is 25.5 Å². The molecule has 0 amide bonds. The molecule has 0 aliphatic carbocycles. The number of allylic oxidation sites excluding steroid dienone is 1. The molecular formula is C26H19N5O. The average molecular weight is 417 g/mol. The van der Waals surface area contributed by atoms with Crippen LogP contribution in [0.25, 0.3) is 55.4 Å². The van der Waals surface area contributed by atoms with E-state index in [9.17, 15) is 0 Å². The van der Waals surface area contributed by atoms with E-state index in [-0.39, 0.29) is 0 Å². The van der Waals surface area contributed by atoms with Crippen molar-refractivity contribution in [3.05, 3.63) is 84.7 Å². The van der Waals surface area contributed by atoms with Gasteiger partial charge in [0.05, 0.1) is 16.6 Å². The molecule has 6 aromatic rings. The van der Waals surface area contributed by atoms with Gasteiger partial charge in [-0.2, -0.15) is 0 Å². The molecule has 0 saturated carbocycles. The summed E-state index contributed by atoms with van der Waals surface area (Å²) in [6.07, 6.45) is 7.02. The summed E-state index contributed by atoms with van der Waals surface area (Å²) in [5, 5.41) is 2.06. The molecule has 4 aromatic heterocycles. The van der Waals surface area contributed by atoms with Crippen LogP contribution >= 0.6 is 0 Å². The number of fused-ring (bicyclic) bond motifs is 6. The van der Waals surface area contributed by atoms with Crippen LogP contribution < -0.4 is 5.73 Å². The summed E-state index contributed by atoms with van der Waals surface area (Å²) < 4.78 is 8.41. The predicted molar refractivity (Wildman–Crippen MR) is 130 cm³/mol. The van der Waals surface area contributed by atoms with Gasteiger partial charge < -0.3 is 14.7 Å². The number of aromatic nitrogens is 3. The third kappa shape index (κ3) is 2.63. The number of aliphatic imine (C=N–C) groups is 1. The lowest BCUT2D eigenvalue weighted by atomic mass is 10.1. The summed E-state index contributed by atoms with van der Waals surface area (Å²) in [6, 6.07) is 20.4. The average Bonchev–Trinajstić information content (AvgIpc) is 3.38. The second kappa shape index (κ2) is 7.06. The smallest absolute Gasteiger partial charge is 0.163 e. The van der Waals surface area contributed by atoms with Crippen LogP contribution in [0.5, 0.6) is 0 Å². The van der Waals surface area contributed by atoms with Crippen molar-refractivity contribution < 1.29 is 4.42 Å². The van der Waals surface area contributed by atoms with Gasteiger partial charge in [0.25, 0.3) is 0 Å². The third-order valence-corrected chi connectivity index (χ3v) is 5.73. The molecular weight excluding hydrogens is 398 g/mol. The van der Waals surface area contributed by atoms with E-state index in [0.717, 1.165) is 49.7 Å². The van der Waals surface area contributed by atoms with Crippen molar-refractivity contribution >= 4 is 55.9 Å². The minimum Gasteiger partial charge on any atom is -0.454 e. The van der Waals surface area contributed by atoms with Crippen LogP contribution in [-0.4, -0.2) is 27.8 Å². The lowest BCUT2D eigenvalue weighted by Gasteiger charge is -2.07. The summed E-state index contributed by atoms with van der Waals surface area (Å²) in [7, 11) is 1.71. The van der Waals surface area contributed by atoms with Crippen molar-refractivity contribution in [2.24, 2.45) is 10.7 Å². The van der Waals surface area contributed by atoms with E-state index in [1.807, 2.05) is 36.5 Å². The van der Waals surface area contributed by atoms with Crippen LogP contribution in [-0.2, 0) is 0 Å². The second-order valence-corrected chi connectivity index (χ2v) is 7.57. The van der Waals surface area contributed by atoms with Gasteiger partial charge in [0.1, 0.15) is 11.1 Å². The van der Waals surface area contributed by atoms with Gasteiger partial charge in [-0.25, -0.2) is 0 Å². The highest BCUT2D eigenvalue weighted by Crippen LogP contribution is 2.35. The molecule has 2 N–H and O–H groups in total. The quantitative estimate of drug-likeness (QED) is 0.387. The maximum atomic E-state index is 6.27. The number of hydrogen-bond donors (Lipinski definition) is 1. The molecule has 6 nitrogen and oxygen atoms in total. The van der Waals surface area contributed by atoms with Crippen LogP contribution in [0, 0.1) is 0 Å². The van der Waals surface area contributed by atoms with Gasteiger partial charge in [-0.1, -0.05) is 18.2 Å². The molecule has 4 heterocycles. The lowest BCUT2D eigenvalue weighted by Crippen LogP contribution is -1.97. The molecule has 154 valence electrons. The first-order chi connectivity index (χ1) is 15.8. The molecule has 0 unspecified atom stereocenters. The Hall–Kier alpha value is -4.45. The Morgan fingerprint density at radius 2 is 1.78 bits per heavy atom. The summed E-state index contributed by atoms with van der Waals surface area (Å²) in [4.78, 5) is 13.2. The van der Waals surface area contributed by atoms with Crippen LogP contribution in [0.3, 0.4) is 0 Å². The minimum atomic E-state index is 0.579. The second-order valence-electron chi connectivity index (χ2n) is 7.57. The molecule has 0 aliphatic heterocycles. The topological polar surface area (TPSA) is 82.2 Å². The van der Waals surface area contributed by atoms with Crippen LogP contribution in [0.4, 0.5) is 0 Å². The number of para-hydroxylation sites is 1. The van der Waals surface area contributed by atoms with E-state index in [2.05, 4.69) is 49.9 Å². The number of benzene rings is 2. The molecule has 0 atom stereocenters. The zero-order chi connectivity index (χ0) is 21.7. The van der Waals surface area contributed by atoms with Crippen molar-refractivity contribution in [3.63, 3.8) is 0 Å². The first kappa shape index (κ1) is 18.3. The van der Waals surface area contributed by atoms with Gasteiger partial charge >= 0.3 is 0 Å². The first-order valence-electron chi connectivity index (χ1n) is 10.3. The summed E-state index contributed by atoms with van der Waals surface area (Å²) in [6.45, 7) is 0. The first-order valence-corrected chi connectivity index (χ1v) is 10.3. The molecule has 0 fully saturated rings. The maximum Gasteiger partial charge on any atom is 0.163 e. The third-order valence-electron chi connectivity index (χ3n) is 5.73. The van der Waals surface area contributed by atoms with Crippen molar-refractivity contribution in [3.8, 4) is 5.69 Å². The van der Waals surface area contributed by atoms with Crippen LogP contribution in [0.15, 0.2) is 88.5 Å². The Kier molecular flexibility index (Phi) is 4.04. The monoisotopic (exact) mass is 417 g/mol. The van der Waals surface area contributed by atoms with Crippen molar-refractivity contribution in [1.29, 1.82) is 0 Å². The summed E-state index contributed by atoms with van der Waals surface area (Å²) in [5.74, 6) is 0. The van der Waals surface area contributed by atoms with Crippen molar-refractivity contribution in [1.82, 2.24) is 14.5 Å². The number of pyridine rings is 2. The predicted octanol–water partition coefficient (Wildman–Crippen LogP) is 5.47. The Balaban J connectivity index is 1.64. The lowest BCUT2D eigenvalue weighted by molar-refractivity contribution is 0.666. The zero-order valence-electron chi connectivity index (χ0n) is 17.4. The van der Waals surface area contributed by atoms with Gasteiger partial charge in [-0.15, -0.1) is 0 Å². The van der Waals surface area contributed by atoms with E-state index >= 15 is 0 Å². The van der Waals surface area contributed by atoms with Gasteiger partial charge in [0.15, 0.2) is 5.58 Å². The fourth-order valence-electron chi connectivity index (χ4n) is 4.32. The molecule has 2 aromatic carbocycles. The number of furan rings is 1. The van der Waals surface area contributed by atoms with Gasteiger partial charge in [-0.3, -0.25) is 15.0 Å². The Bertz CT molecular complexity index is 1650. The van der Waals surface area contributed by atoms with Crippen molar-refractivity contribution in [2.75, 3.05) is 7.05 Å². The summed E-state index contributed by atoms with van der Waals surface area (Å²) in [5.41, 5.74) is 14.0. The normalized spacial score (nSPS) is 12.7. The molecule has 6 heteroatoms. The van der Waals surface area contributed by atoms with Gasteiger partial charge in [0.2, 0.25) is 0 Å². The molecule has 0 radical (unpaired) electrons. The fraction of sp³-hybridized carbons (Fsp3) is 0.0385. The molecule has 0 spiro atoms. The highest BCUT2D eigenvalue weighted by atomic mass is 16.3. The van der Waals surface area contributed by atoms with Crippen LogP contribution in [0.2, 0.25) is 0 Å². The molecule has 0 aliphatic rings. The van der Waals surface area contributed by atoms with Gasteiger partial charge in [0, 0.05) is 53.4 Å². The molecule has 0 saturated heterocycles. The molecule has 0 bridgehead atoms. The van der Waals surface area contributed by atoms with E-state index in [1.165, 1.54) is 0 Å². The number of nitrogens with zero attached hydrogens (tertiary/aromatic N) is 4. The zero-order valence-corrected chi connectivity index (χ0v) is 17.4. The number of rotatable bonds is 3. The molecule has 32 heavy (non-hydrogen) atoms. The fourth-order valence-corrected chi connectivity index (χ4v) is 4.32. The SMILES string of the molecule is CN=CC=C(N)c1ccnc2c1oc1ccc(-n3c4ccccc4c4ncccc43)cc12. The Morgan fingerprint density at radius 1 is 0.938 bits per heavy atom. The van der Waals surface area contributed by atoms with Crippen LogP contribution in [0.1, 0.15) is 5.56 Å². The number of nitrogens with two attached hydrogens (primary N) is 1. The highest BCUT2D eigenvalue weighted by molar-refractivity contribution is 6.09. The standard InChI is InChI=1S/C26H19N5O/c1-28-13-11-20(27)17-10-14-30-25-19-15-16(8-9-23(19)32-26(17)25)31-21-6-3-2-5-18(21)24-22(31)7-4-12-29-24/h2-15H,27H2,1H3. The molecule has 6 rings (SSSR count). The number of hydrogen-bond acceptors (Lipinski definition) is 5. The Labute approximate surface area is 183 Å². The highest BCUT2D eigenvalue weighted by Gasteiger charge is 2.17. The van der Waals surface area contributed by atoms with E-state index < -0.39 is 0 Å². The summed E-state index contributed by atoms with van der Waals surface area (Å²) >= 11 is 0. The van der Waals surface area contributed by atoms with Gasteiger partial charge in [-0.05, 0) is 48.5 Å². The minimum absolute atomic E-state index is 0.579.